The molecule has 0 radical (unpaired) electrons. The monoisotopic (exact) mass is 450 g/mol. The van der Waals surface area contributed by atoms with Crippen LogP contribution in [0.5, 0.6) is 5.75 Å². The third kappa shape index (κ3) is 4.27. The SMILES string of the molecule is CCOc1c(/C(C)=C/C(=O)Nc2cc(C)on2)cc2c(-c3ccc(Cl)cc3)coc2c1C. The topological polar surface area (TPSA) is 77.5 Å². The van der Waals surface area contributed by atoms with Gasteiger partial charge in [0.05, 0.1) is 12.9 Å². The summed E-state index contributed by atoms with van der Waals surface area (Å²) in [5, 5.41) is 8.12. The number of halogens is 1. The van der Waals surface area contributed by atoms with Crippen molar-refractivity contribution in [2.24, 2.45) is 0 Å². The number of fused-ring (bicyclic) bond motifs is 1. The summed E-state index contributed by atoms with van der Waals surface area (Å²) in [6, 6.07) is 11.3. The van der Waals surface area contributed by atoms with Gasteiger partial charge in [-0.25, -0.2) is 0 Å². The lowest BCUT2D eigenvalue weighted by molar-refractivity contribution is -0.111. The summed E-state index contributed by atoms with van der Waals surface area (Å²) >= 11 is 6.05. The maximum Gasteiger partial charge on any atom is 0.249 e. The summed E-state index contributed by atoms with van der Waals surface area (Å²) in [7, 11) is 0. The van der Waals surface area contributed by atoms with Crippen LogP contribution in [0.3, 0.4) is 0 Å². The first-order chi connectivity index (χ1) is 15.4. The fraction of sp³-hybridized carbons (Fsp3) is 0.200. The Hall–Kier alpha value is -3.51. The normalized spacial score (nSPS) is 11.7. The maximum absolute atomic E-state index is 12.6. The van der Waals surface area contributed by atoms with Gasteiger partial charge >= 0.3 is 0 Å². The van der Waals surface area contributed by atoms with Gasteiger partial charge < -0.3 is 19.0 Å². The number of amides is 1. The van der Waals surface area contributed by atoms with E-state index in [0.29, 0.717) is 29.0 Å². The minimum absolute atomic E-state index is 0.305. The number of aromatic nitrogens is 1. The third-order valence-corrected chi connectivity index (χ3v) is 5.39. The zero-order valence-electron chi connectivity index (χ0n) is 18.3. The van der Waals surface area contributed by atoms with Crippen LogP contribution in [0, 0.1) is 13.8 Å². The molecule has 2 heterocycles. The Bertz CT molecular complexity index is 1320. The van der Waals surface area contributed by atoms with Crippen molar-refractivity contribution in [2.75, 3.05) is 11.9 Å². The molecule has 0 aliphatic carbocycles. The molecule has 4 aromatic rings. The van der Waals surface area contributed by atoms with Crippen LogP contribution >= 0.6 is 11.6 Å². The molecule has 2 aromatic carbocycles. The van der Waals surface area contributed by atoms with Gasteiger partial charge in [0, 0.05) is 39.2 Å². The molecule has 1 amide bonds. The Labute approximate surface area is 190 Å². The van der Waals surface area contributed by atoms with Gasteiger partial charge in [0.15, 0.2) is 5.82 Å². The van der Waals surface area contributed by atoms with Crippen LogP contribution in [0.4, 0.5) is 5.82 Å². The Kier molecular flexibility index (Phi) is 6.06. The van der Waals surface area contributed by atoms with E-state index in [1.807, 2.05) is 51.1 Å². The third-order valence-electron chi connectivity index (χ3n) is 5.14. The molecule has 0 saturated heterocycles. The van der Waals surface area contributed by atoms with E-state index in [0.717, 1.165) is 38.8 Å². The second kappa shape index (κ2) is 8.93. The summed E-state index contributed by atoms with van der Waals surface area (Å²) in [4.78, 5) is 12.6. The van der Waals surface area contributed by atoms with Gasteiger partial charge in [-0.2, -0.15) is 0 Å². The van der Waals surface area contributed by atoms with E-state index < -0.39 is 0 Å². The lowest BCUT2D eigenvalue weighted by Gasteiger charge is -2.15. The number of allylic oxidation sites excluding steroid dienone is 1. The van der Waals surface area contributed by atoms with Gasteiger partial charge in [-0.3, -0.25) is 4.79 Å². The van der Waals surface area contributed by atoms with E-state index in [2.05, 4.69) is 10.5 Å². The average molecular weight is 451 g/mol. The molecule has 0 aliphatic rings. The molecular weight excluding hydrogens is 428 g/mol. The number of furan rings is 1. The van der Waals surface area contributed by atoms with Gasteiger partial charge in [-0.1, -0.05) is 28.9 Å². The summed E-state index contributed by atoms with van der Waals surface area (Å²) in [5.74, 6) is 1.38. The zero-order chi connectivity index (χ0) is 22.8. The van der Waals surface area contributed by atoms with Crippen molar-refractivity contribution in [1.29, 1.82) is 0 Å². The second-order valence-electron chi connectivity index (χ2n) is 7.48. The van der Waals surface area contributed by atoms with Crippen molar-refractivity contribution in [3.63, 3.8) is 0 Å². The van der Waals surface area contributed by atoms with E-state index in [1.54, 1.807) is 19.3 Å². The van der Waals surface area contributed by atoms with E-state index in [-0.39, 0.29) is 5.91 Å². The van der Waals surface area contributed by atoms with Crippen LogP contribution in [-0.2, 0) is 4.79 Å². The summed E-state index contributed by atoms with van der Waals surface area (Å²) in [6.07, 6.45) is 3.26. The first-order valence-electron chi connectivity index (χ1n) is 10.2. The predicted octanol–water partition coefficient (Wildman–Crippen LogP) is 6.80. The van der Waals surface area contributed by atoms with Gasteiger partial charge in [-0.15, -0.1) is 0 Å². The first kappa shape index (κ1) is 21.7. The van der Waals surface area contributed by atoms with Crippen molar-refractivity contribution in [3.8, 4) is 16.9 Å². The van der Waals surface area contributed by atoms with Crippen molar-refractivity contribution in [3.05, 3.63) is 70.6 Å². The minimum atomic E-state index is -0.305. The molecule has 7 heteroatoms. The van der Waals surface area contributed by atoms with Crippen LogP contribution < -0.4 is 10.1 Å². The van der Waals surface area contributed by atoms with Gasteiger partial charge in [0.1, 0.15) is 17.1 Å². The lowest BCUT2D eigenvalue weighted by atomic mass is 9.96. The number of nitrogens with zero attached hydrogens (tertiary/aromatic N) is 1. The maximum atomic E-state index is 12.6. The highest BCUT2D eigenvalue weighted by atomic mass is 35.5. The molecule has 0 saturated carbocycles. The Morgan fingerprint density at radius 2 is 1.97 bits per heavy atom. The van der Waals surface area contributed by atoms with E-state index in [1.165, 1.54) is 6.08 Å². The fourth-order valence-electron chi connectivity index (χ4n) is 3.65. The summed E-state index contributed by atoms with van der Waals surface area (Å²) in [5.41, 5.74) is 5.12. The number of benzene rings is 2. The Morgan fingerprint density at radius 1 is 1.22 bits per heavy atom. The molecule has 0 spiro atoms. The molecule has 6 nitrogen and oxygen atoms in total. The predicted molar refractivity (Wildman–Crippen MR) is 126 cm³/mol. The van der Waals surface area contributed by atoms with Crippen molar-refractivity contribution >= 4 is 39.9 Å². The molecule has 2 aromatic heterocycles. The fourth-order valence-corrected chi connectivity index (χ4v) is 3.78. The molecule has 0 aliphatic heterocycles. The second-order valence-corrected chi connectivity index (χ2v) is 7.92. The molecule has 0 unspecified atom stereocenters. The molecule has 0 atom stereocenters. The van der Waals surface area contributed by atoms with Gasteiger partial charge in [-0.05, 0) is 57.0 Å². The number of hydrogen-bond acceptors (Lipinski definition) is 5. The highest BCUT2D eigenvalue weighted by Crippen LogP contribution is 2.41. The van der Waals surface area contributed by atoms with Crippen LogP contribution in [0.15, 0.2) is 57.7 Å². The largest absolute Gasteiger partial charge is 0.493 e. The minimum Gasteiger partial charge on any atom is -0.493 e. The number of ether oxygens (including phenoxy) is 1. The van der Waals surface area contributed by atoms with Crippen LogP contribution in [0.2, 0.25) is 5.02 Å². The number of aryl methyl sites for hydroxylation is 2. The van der Waals surface area contributed by atoms with Crippen LogP contribution in [0.25, 0.3) is 27.7 Å². The molecule has 0 bridgehead atoms. The number of carbonyl (C=O) groups is 1. The molecule has 32 heavy (non-hydrogen) atoms. The van der Waals surface area contributed by atoms with Crippen molar-refractivity contribution in [2.45, 2.75) is 27.7 Å². The van der Waals surface area contributed by atoms with Crippen LogP contribution in [-0.4, -0.2) is 17.7 Å². The standard InChI is InChI=1S/C25H23ClN2O4/c1-5-30-24-16(4)25-20(21(13-31-25)17-6-8-18(26)9-7-17)12-19(24)14(2)10-23(29)27-22-11-15(3)32-28-22/h6-13H,5H2,1-4H3,(H,27,28,29)/b14-10+. The molecular formula is C25H23ClN2O4. The number of nitrogens with one attached hydrogen (secondary N) is 1. The summed E-state index contributed by atoms with van der Waals surface area (Å²) in [6.45, 7) is 8.00. The number of hydrogen-bond donors (Lipinski definition) is 1. The Balaban J connectivity index is 1.79. The quantitative estimate of drug-likeness (QED) is 0.327. The highest BCUT2D eigenvalue weighted by molar-refractivity contribution is 6.30. The number of rotatable bonds is 6. The van der Waals surface area contributed by atoms with Crippen LogP contribution in [0.1, 0.15) is 30.7 Å². The zero-order valence-corrected chi connectivity index (χ0v) is 19.0. The summed E-state index contributed by atoms with van der Waals surface area (Å²) < 4.78 is 16.9. The van der Waals surface area contributed by atoms with Gasteiger partial charge in [0.2, 0.25) is 5.91 Å². The highest BCUT2D eigenvalue weighted by Gasteiger charge is 2.19. The number of anilines is 1. The molecule has 4 rings (SSSR count). The number of carbonyl (C=O) groups excluding carboxylic acids is 1. The van der Waals surface area contributed by atoms with Crippen molar-refractivity contribution in [1.82, 2.24) is 5.16 Å². The smallest absolute Gasteiger partial charge is 0.249 e. The first-order valence-corrected chi connectivity index (χ1v) is 10.6. The lowest BCUT2D eigenvalue weighted by Crippen LogP contribution is -2.09. The van der Waals surface area contributed by atoms with E-state index in [9.17, 15) is 4.79 Å². The van der Waals surface area contributed by atoms with E-state index >= 15 is 0 Å². The molecule has 1 N–H and O–H groups in total. The van der Waals surface area contributed by atoms with Crippen molar-refractivity contribution < 1.29 is 18.5 Å². The average Bonchev–Trinajstić information content (AvgIpc) is 3.36. The molecule has 0 fully saturated rings. The van der Waals surface area contributed by atoms with Gasteiger partial charge in [0.25, 0.3) is 0 Å². The van der Waals surface area contributed by atoms with E-state index in [4.69, 9.17) is 25.3 Å². The molecule has 164 valence electrons. The Morgan fingerprint density at radius 3 is 2.62 bits per heavy atom.